The smallest absolute Gasteiger partial charge is 0.263 e. The Labute approximate surface area is 199 Å². The lowest BCUT2D eigenvalue weighted by Crippen LogP contribution is -2.33. The second-order valence-electron chi connectivity index (χ2n) is 7.57. The summed E-state index contributed by atoms with van der Waals surface area (Å²) < 4.78 is 1.41. The van der Waals surface area contributed by atoms with Gasteiger partial charge in [0.15, 0.2) is 0 Å². The molecule has 8 heteroatoms. The highest BCUT2D eigenvalue weighted by atomic mass is 35.5. The molecule has 0 saturated heterocycles. The molecule has 2 aromatic carbocycles. The molecular formula is C24H21Cl2N3O2S. The van der Waals surface area contributed by atoms with Crippen LogP contribution in [-0.4, -0.2) is 15.5 Å². The van der Waals surface area contributed by atoms with E-state index < -0.39 is 6.04 Å². The number of nitrogens with one attached hydrogen (secondary N) is 1. The normalized spacial score (nSPS) is 12.2. The fourth-order valence-corrected chi connectivity index (χ4v) is 5.18. The molecule has 0 aliphatic rings. The third kappa shape index (κ3) is 4.18. The van der Waals surface area contributed by atoms with Crippen molar-refractivity contribution in [1.29, 1.82) is 0 Å². The summed E-state index contributed by atoms with van der Waals surface area (Å²) in [5.74, 6) is -0.344. The number of carbonyl (C=O) groups is 1. The van der Waals surface area contributed by atoms with Gasteiger partial charge in [0.1, 0.15) is 10.9 Å². The number of nitrogens with zero attached hydrogens (tertiary/aromatic N) is 2. The van der Waals surface area contributed by atoms with E-state index in [0.29, 0.717) is 32.4 Å². The zero-order valence-corrected chi connectivity index (χ0v) is 20.1. The number of thiophene rings is 1. The van der Waals surface area contributed by atoms with Gasteiger partial charge in [0.25, 0.3) is 5.56 Å². The van der Waals surface area contributed by atoms with Crippen LogP contribution in [0.1, 0.15) is 29.8 Å². The van der Waals surface area contributed by atoms with Crippen molar-refractivity contribution in [3.05, 3.63) is 79.6 Å². The highest BCUT2D eigenvalue weighted by molar-refractivity contribution is 7.19. The van der Waals surface area contributed by atoms with Gasteiger partial charge in [0.05, 0.1) is 22.4 Å². The molecule has 0 bridgehead atoms. The van der Waals surface area contributed by atoms with Crippen molar-refractivity contribution in [2.24, 2.45) is 0 Å². The van der Waals surface area contributed by atoms with Crippen LogP contribution in [0.2, 0.25) is 10.0 Å². The molecule has 2 heterocycles. The van der Waals surface area contributed by atoms with Crippen LogP contribution in [0.4, 0.5) is 5.69 Å². The number of rotatable bonds is 5. The number of amides is 1. The van der Waals surface area contributed by atoms with Crippen molar-refractivity contribution in [2.45, 2.75) is 33.2 Å². The molecule has 4 aromatic rings. The maximum atomic E-state index is 13.6. The number of anilines is 1. The summed E-state index contributed by atoms with van der Waals surface area (Å²) in [7, 11) is 0. The molecule has 32 heavy (non-hydrogen) atoms. The number of benzene rings is 2. The molecule has 4 rings (SSSR count). The SMILES string of the molecule is CCC(C(=O)Nc1ccc(Cl)cc1Cl)n1cnc2sc(C)c(-c3ccc(C)cc3)c2c1=O. The summed E-state index contributed by atoms with van der Waals surface area (Å²) in [6.07, 6.45) is 1.86. The summed E-state index contributed by atoms with van der Waals surface area (Å²) >= 11 is 13.6. The summed E-state index contributed by atoms with van der Waals surface area (Å²) in [5.41, 5.74) is 3.17. The van der Waals surface area contributed by atoms with Crippen molar-refractivity contribution < 1.29 is 4.79 Å². The maximum Gasteiger partial charge on any atom is 0.263 e. The first-order valence-electron chi connectivity index (χ1n) is 10.1. The Kier molecular flexibility index (Phi) is 6.38. The predicted molar refractivity (Wildman–Crippen MR) is 133 cm³/mol. The molecule has 1 amide bonds. The Morgan fingerprint density at radius 3 is 2.53 bits per heavy atom. The highest BCUT2D eigenvalue weighted by Gasteiger charge is 2.24. The average Bonchev–Trinajstić information content (AvgIpc) is 3.09. The molecule has 0 radical (unpaired) electrons. The lowest BCUT2D eigenvalue weighted by Gasteiger charge is -2.18. The van der Waals surface area contributed by atoms with E-state index in [1.54, 1.807) is 18.2 Å². The van der Waals surface area contributed by atoms with Gasteiger partial charge in [-0.15, -0.1) is 11.3 Å². The van der Waals surface area contributed by atoms with E-state index in [9.17, 15) is 9.59 Å². The van der Waals surface area contributed by atoms with E-state index >= 15 is 0 Å². The summed E-state index contributed by atoms with van der Waals surface area (Å²) in [6.45, 7) is 5.86. The van der Waals surface area contributed by atoms with Crippen LogP contribution in [0.15, 0.2) is 53.6 Å². The number of hydrogen-bond acceptors (Lipinski definition) is 4. The number of aromatic nitrogens is 2. The fourth-order valence-electron chi connectivity index (χ4n) is 3.72. The van der Waals surface area contributed by atoms with Crippen molar-refractivity contribution >= 4 is 56.3 Å². The Morgan fingerprint density at radius 1 is 1.16 bits per heavy atom. The van der Waals surface area contributed by atoms with Crippen LogP contribution < -0.4 is 10.9 Å². The van der Waals surface area contributed by atoms with E-state index in [1.807, 2.05) is 45.0 Å². The third-order valence-electron chi connectivity index (χ3n) is 5.37. The van der Waals surface area contributed by atoms with Gasteiger partial charge in [-0.2, -0.15) is 0 Å². The molecule has 2 aromatic heterocycles. The van der Waals surface area contributed by atoms with Gasteiger partial charge in [-0.25, -0.2) is 4.98 Å². The minimum Gasteiger partial charge on any atom is -0.323 e. The van der Waals surface area contributed by atoms with Gasteiger partial charge in [0.2, 0.25) is 5.91 Å². The molecule has 5 nitrogen and oxygen atoms in total. The molecule has 0 spiro atoms. The zero-order valence-electron chi connectivity index (χ0n) is 17.8. The van der Waals surface area contributed by atoms with Crippen LogP contribution in [0, 0.1) is 13.8 Å². The minimum atomic E-state index is -0.739. The van der Waals surface area contributed by atoms with Gasteiger partial charge in [0, 0.05) is 15.5 Å². The monoisotopic (exact) mass is 485 g/mol. The van der Waals surface area contributed by atoms with Crippen LogP contribution in [0.5, 0.6) is 0 Å². The third-order valence-corrected chi connectivity index (χ3v) is 6.93. The van der Waals surface area contributed by atoms with Gasteiger partial charge in [-0.1, -0.05) is 60.0 Å². The van der Waals surface area contributed by atoms with Gasteiger partial charge in [-0.05, 0) is 44.0 Å². The summed E-state index contributed by atoms with van der Waals surface area (Å²) in [5, 5.41) is 4.15. The number of hydrogen-bond donors (Lipinski definition) is 1. The molecule has 1 N–H and O–H groups in total. The van der Waals surface area contributed by atoms with E-state index in [2.05, 4.69) is 10.3 Å². The highest BCUT2D eigenvalue weighted by Crippen LogP contribution is 2.36. The predicted octanol–water partition coefficient (Wildman–Crippen LogP) is 6.64. The van der Waals surface area contributed by atoms with Crippen molar-refractivity contribution in [3.63, 3.8) is 0 Å². The van der Waals surface area contributed by atoms with Crippen molar-refractivity contribution in [3.8, 4) is 11.1 Å². The molecule has 1 atom stereocenters. The fraction of sp³-hybridized carbons (Fsp3) is 0.208. The molecular weight excluding hydrogens is 465 g/mol. The topological polar surface area (TPSA) is 64.0 Å². The largest absolute Gasteiger partial charge is 0.323 e. The lowest BCUT2D eigenvalue weighted by atomic mass is 10.0. The minimum absolute atomic E-state index is 0.237. The van der Waals surface area contributed by atoms with Crippen LogP contribution >= 0.6 is 34.5 Å². The van der Waals surface area contributed by atoms with E-state index in [0.717, 1.165) is 21.6 Å². The quantitative estimate of drug-likeness (QED) is 0.344. The zero-order chi connectivity index (χ0) is 23.0. The van der Waals surface area contributed by atoms with E-state index in [1.165, 1.54) is 22.2 Å². The average molecular weight is 486 g/mol. The standard InChI is InChI=1S/C24H21Cl2N3O2S/c1-4-19(22(30)28-18-10-9-16(25)11-17(18)26)29-12-27-23-21(24(29)31)20(14(3)32-23)15-7-5-13(2)6-8-15/h5-12,19H,4H2,1-3H3,(H,28,30). The molecule has 0 aliphatic carbocycles. The Balaban J connectivity index is 1.78. The second kappa shape index (κ2) is 9.06. The molecule has 0 fully saturated rings. The van der Waals surface area contributed by atoms with Crippen LogP contribution in [-0.2, 0) is 4.79 Å². The first-order valence-corrected chi connectivity index (χ1v) is 11.7. The van der Waals surface area contributed by atoms with Gasteiger partial charge in [-0.3, -0.25) is 14.2 Å². The molecule has 1 unspecified atom stereocenters. The first-order chi connectivity index (χ1) is 15.3. The lowest BCUT2D eigenvalue weighted by molar-refractivity contribution is -0.119. The number of fused-ring (bicyclic) bond motifs is 1. The van der Waals surface area contributed by atoms with Crippen molar-refractivity contribution in [1.82, 2.24) is 9.55 Å². The van der Waals surface area contributed by atoms with E-state index in [4.69, 9.17) is 23.2 Å². The maximum absolute atomic E-state index is 13.6. The van der Waals surface area contributed by atoms with Gasteiger partial charge >= 0.3 is 0 Å². The van der Waals surface area contributed by atoms with Crippen LogP contribution in [0.25, 0.3) is 21.3 Å². The van der Waals surface area contributed by atoms with Crippen LogP contribution in [0.3, 0.4) is 0 Å². The van der Waals surface area contributed by atoms with E-state index in [-0.39, 0.29) is 11.5 Å². The Bertz CT molecular complexity index is 1380. The van der Waals surface area contributed by atoms with Crippen molar-refractivity contribution in [2.75, 3.05) is 5.32 Å². The Hall–Kier alpha value is -2.67. The molecule has 164 valence electrons. The number of halogens is 2. The Morgan fingerprint density at radius 2 is 1.88 bits per heavy atom. The number of carbonyl (C=O) groups excluding carboxylic acids is 1. The van der Waals surface area contributed by atoms with Gasteiger partial charge < -0.3 is 5.32 Å². The summed E-state index contributed by atoms with van der Waals surface area (Å²) in [4.78, 5) is 32.8. The second-order valence-corrected chi connectivity index (χ2v) is 9.62. The first kappa shape index (κ1) is 22.5. The molecule has 0 saturated carbocycles. The number of aryl methyl sites for hydroxylation is 2. The molecule has 0 aliphatic heterocycles. The summed E-state index contributed by atoms with van der Waals surface area (Å²) in [6, 6.07) is 12.2.